The number of carbonyl (C=O) groups excluding carboxylic acids is 1. The molecule has 5 heteroatoms. The number of benzene rings is 2. The van der Waals surface area contributed by atoms with E-state index in [4.69, 9.17) is 9.72 Å². The van der Waals surface area contributed by atoms with E-state index in [2.05, 4.69) is 17.6 Å². The number of aromatic nitrogens is 2. The van der Waals surface area contributed by atoms with Gasteiger partial charge >= 0.3 is 0 Å². The zero-order valence-corrected chi connectivity index (χ0v) is 15.2. The van der Waals surface area contributed by atoms with Crippen LogP contribution in [0.2, 0.25) is 0 Å². The Kier molecular flexibility index (Phi) is 4.37. The Balaban J connectivity index is 1.69. The molecule has 26 heavy (non-hydrogen) atoms. The van der Waals surface area contributed by atoms with Crippen LogP contribution in [0.4, 0.5) is 5.69 Å². The fourth-order valence-electron chi connectivity index (χ4n) is 3.81. The molecule has 3 aromatic rings. The quantitative estimate of drug-likeness (QED) is 0.700. The second-order valence-corrected chi connectivity index (χ2v) is 6.51. The predicted octanol–water partition coefficient (Wildman–Crippen LogP) is 3.98. The molecule has 1 saturated heterocycles. The minimum atomic E-state index is 0.0875. The van der Waals surface area contributed by atoms with Crippen molar-refractivity contribution in [3.05, 3.63) is 54.4 Å². The van der Waals surface area contributed by atoms with Crippen LogP contribution in [0.25, 0.3) is 11.0 Å². The maximum absolute atomic E-state index is 12.8. The molecule has 1 aliphatic rings. The first-order chi connectivity index (χ1) is 12.7. The van der Waals surface area contributed by atoms with E-state index in [9.17, 15) is 4.79 Å². The molecule has 0 aliphatic carbocycles. The number of rotatable bonds is 5. The summed E-state index contributed by atoms with van der Waals surface area (Å²) in [5.74, 6) is 1.97. The van der Waals surface area contributed by atoms with E-state index in [1.54, 1.807) is 0 Å². The fourth-order valence-corrected chi connectivity index (χ4v) is 3.81. The Hall–Kier alpha value is -2.82. The van der Waals surface area contributed by atoms with Gasteiger partial charge in [0.15, 0.2) is 0 Å². The predicted molar refractivity (Wildman–Crippen MR) is 103 cm³/mol. The van der Waals surface area contributed by atoms with Gasteiger partial charge in [-0.1, -0.05) is 24.3 Å². The molecule has 134 valence electrons. The van der Waals surface area contributed by atoms with Gasteiger partial charge in [0.05, 0.1) is 23.3 Å². The third-order valence-corrected chi connectivity index (χ3v) is 4.95. The van der Waals surface area contributed by atoms with Gasteiger partial charge in [0.25, 0.3) is 0 Å². The van der Waals surface area contributed by atoms with Crippen LogP contribution in [0, 0.1) is 0 Å². The highest BCUT2D eigenvalue weighted by Gasteiger charge is 2.35. The number of nitrogens with zero attached hydrogens (tertiary/aromatic N) is 3. The lowest BCUT2D eigenvalue weighted by Gasteiger charge is -2.20. The number of hydrogen-bond acceptors (Lipinski definition) is 3. The lowest BCUT2D eigenvalue weighted by Crippen LogP contribution is -2.25. The number of fused-ring (bicyclic) bond motifs is 1. The first-order valence-electron chi connectivity index (χ1n) is 9.20. The summed E-state index contributed by atoms with van der Waals surface area (Å²) in [6.45, 7) is 6.13. The molecule has 2 aromatic carbocycles. The normalized spacial score (nSPS) is 17.2. The monoisotopic (exact) mass is 349 g/mol. The molecule has 4 rings (SSSR count). The maximum Gasteiger partial charge on any atom is 0.227 e. The number of aryl methyl sites for hydroxylation is 1. The summed E-state index contributed by atoms with van der Waals surface area (Å²) in [7, 11) is 0. The van der Waals surface area contributed by atoms with Crippen molar-refractivity contribution in [3.8, 4) is 5.75 Å². The molecule has 1 atom stereocenters. The summed E-state index contributed by atoms with van der Waals surface area (Å²) in [5, 5.41) is 0. The molecular weight excluding hydrogens is 326 g/mol. The molecule has 1 amide bonds. The molecule has 0 N–H and O–H groups in total. The number of imidazole rings is 1. The van der Waals surface area contributed by atoms with Gasteiger partial charge < -0.3 is 14.2 Å². The Morgan fingerprint density at radius 2 is 1.88 bits per heavy atom. The molecule has 1 aromatic heterocycles. The van der Waals surface area contributed by atoms with Gasteiger partial charge in [0.2, 0.25) is 5.91 Å². The summed E-state index contributed by atoms with van der Waals surface area (Å²) < 4.78 is 7.94. The number of ether oxygens (including phenoxy) is 1. The molecule has 2 heterocycles. The van der Waals surface area contributed by atoms with Crippen molar-refractivity contribution >= 4 is 22.6 Å². The Morgan fingerprint density at radius 1 is 1.12 bits per heavy atom. The molecule has 1 aliphatic heterocycles. The van der Waals surface area contributed by atoms with Gasteiger partial charge in [-0.15, -0.1) is 0 Å². The highest BCUT2D eigenvalue weighted by molar-refractivity contribution is 5.97. The summed E-state index contributed by atoms with van der Waals surface area (Å²) >= 11 is 0. The largest absolute Gasteiger partial charge is 0.492 e. The van der Waals surface area contributed by atoms with E-state index in [1.165, 1.54) is 0 Å². The van der Waals surface area contributed by atoms with Gasteiger partial charge in [0.1, 0.15) is 11.6 Å². The average Bonchev–Trinajstić information content (AvgIpc) is 3.22. The highest BCUT2D eigenvalue weighted by Crippen LogP contribution is 2.37. The summed E-state index contributed by atoms with van der Waals surface area (Å²) in [6, 6.07) is 15.9. The zero-order valence-electron chi connectivity index (χ0n) is 15.2. The standard InChI is InChI=1S/C21H23N3O2/c1-3-23-17-10-6-5-9-16(17)22-21(23)15-13-20(25)24(14-15)18-11-7-8-12-19(18)26-4-2/h5-12,15H,3-4,13-14H2,1-2H3/t15-/m0/s1. The fraction of sp³-hybridized carbons (Fsp3) is 0.333. The number of anilines is 1. The lowest BCUT2D eigenvalue weighted by atomic mass is 10.1. The second-order valence-electron chi connectivity index (χ2n) is 6.51. The van der Waals surface area contributed by atoms with Crippen LogP contribution < -0.4 is 9.64 Å². The smallest absolute Gasteiger partial charge is 0.227 e. The van der Waals surface area contributed by atoms with Crippen molar-refractivity contribution in [3.63, 3.8) is 0 Å². The van der Waals surface area contributed by atoms with Crippen LogP contribution in [-0.4, -0.2) is 28.6 Å². The third-order valence-electron chi connectivity index (χ3n) is 4.95. The van der Waals surface area contributed by atoms with E-state index in [0.29, 0.717) is 19.6 Å². The summed E-state index contributed by atoms with van der Waals surface area (Å²) in [5.41, 5.74) is 2.97. The third kappa shape index (κ3) is 2.73. The topological polar surface area (TPSA) is 47.4 Å². The van der Waals surface area contributed by atoms with Crippen LogP contribution in [-0.2, 0) is 11.3 Å². The van der Waals surface area contributed by atoms with Crippen LogP contribution in [0.1, 0.15) is 32.0 Å². The molecule has 1 fully saturated rings. The van der Waals surface area contributed by atoms with E-state index >= 15 is 0 Å². The SMILES string of the molecule is CCOc1ccccc1N1C[C@@H](c2nc3ccccc3n2CC)CC1=O. The van der Waals surface area contributed by atoms with E-state index in [1.807, 2.05) is 54.3 Å². The Bertz CT molecular complexity index is 947. The van der Waals surface area contributed by atoms with Crippen molar-refractivity contribution in [2.45, 2.75) is 32.7 Å². The van der Waals surface area contributed by atoms with E-state index in [-0.39, 0.29) is 11.8 Å². The van der Waals surface area contributed by atoms with Crippen molar-refractivity contribution < 1.29 is 9.53 Å². The second kappa shape index (κ2) is 6.83. The van der Waals surface area contributed by atoms with Crippen molar-refractivity contribution in [2.24, 2.45) is 0 Å². The first-order valence-corrected chi connectivity index (χ1v) is 9.20. The van der Waals surface area contributed by atoms with Crippen molar-refractivity contribution in [1.29, 1.82) is 0 Å². The minimum absolute atomic E-state index is 0.0875. The van der Waals surface area contributed by atoms with Gasteiger partial charge in [-0.25, -0.2) is 4.98 Å². The molecule has 0 spiro atoms. The van der Waals surface area contributed by atoms with Crippen LogP contribution in [0.15, 0.2) is 48.5 Å². The molecule has 0 unspecified atom stereocenters. The molecular formula is C21H23N3O2. The van der Waals surface area contributed by atoms with Crippen molar-refractivity contribution in [2.75, 3.05) is 18.1 Å². The Labute approximate surface area is 153 Å². The molecule has 0 saturated carbocycles. The van der Waals surface area contributed by atoms with Crippen LogP contribution in [0.5, 0.6) is 5.75 Å². The van der Waals surface area contributed by atoms with Gasteiger partial charge in [-0.3, -0.25) is 4.79 Å². The summed E-state index contributed by atoms with van der Waals surface area (Å²) in [4.78, 5) is 19.4. The van der Waals surface area contributed by atoms with E-state index in [0.717, 1.165) is 34.8 Å². The number of carbonyl (C=O) groups is 1. The Morgan fingerprint density at radius 3 is 2.69 bits per heavy atom. The zero-order chi connectivity index (χ0) is 18.1. The number of para-hydroxylation sites is 4. The van der Waals surface area contributed by atoms with Crippen LogP contribution >= 0.6 is 0 Å². The lowest BCUT2D eigenvalue weighted by molar-refractivity contribution is -0.117. The highest BCUT2D eigenvalue weighted by atomic mass is 16.5. The maximum atomic E-state index is 12.8. The molecule has 5 nitrogen and oxygen atoms in total. The first kappa shape index (κ1) is 16.6. The minimum Gasteiger partial charge on any atom is -0.492 e. The van der Waals surface area contributed by atoms with E-state index < -0.39 is 0 Å². The van der Waals surface area contributed by atoms with Gasteiger partial charge in [-0.2, -0.15) is 0 Å². The van der Waals surface area contributed by atoms with Gasteiger partial charge in [-0.05, 0) is 38.1 Å². The molecule has 0 bridgehead atoms. The average molecular weight is 349 g/mol. The number of amides is 1. The van der Waals surface area contributed by atoms with Gasteiger partial charge in [0, 0.05) is 25.4 Å². The number of hydrogen-bond donors (Lipinski definition) is 0. The van der Waals surface area contributed by atoms with Crippen LogP contribution in [0.3, 0.4) is 0 Å². The summed E-state index contributed by atoms with van der Waals surface area (Å²) in [6.07, 6.45) is 0.476. The van der Waals surface area contributed by atoms with Crippen molar-refractivity contribution in [1.82, 2.24) is 9.55 Å². The molecule has 0 radical (unpaired) electrons.